The standard InChI is InChI=1S/C14H17BrN2OS/c1-16-6-4-10(5-7-16)9-17-14(18)12-3-2-11(15)8-13(12)19-17/h2-3,8,10H,4-7,9H2,1H3. The van der Waals surface area contributed by atoms with Gasteiger partial charge in [0.25, 0.3) is 5.56 Å². The molecule has 1 aromatic heterocycles. The van der Waals surface area contributed by atoms with Gasteiger partial charge in [-0.05, 0) is 57.1 Å². The van der Waals surface area contributed by atoms with Crippen molar-refractivity contribution in [2.75, 3.05) is 20.1 Å². The molecule has 3 nitrogen and oxygen atoms in total. The Morgan fingerprint density at radius 3 is 2.84 bits per heavy atom. The van der Waals surface area contributed by atoms with Crippen LogP contribution in [0.5, 0.6) is 0 Å². The third kappa shape index (κ3) is 2.78. The highest BCUT2D eigenvalue weighted by molar-refractivity contribution is 9.10. The van der Waals surface area contributed by atoms with Gasteiger partial charge in [0.2, 0.25) is 0 Å². The van der Waals surface area contributed by atoms with E-state index in [1.807, 2.05) is 22.2 Å². The Labute approximate surface area is 125 Å². The largest absolute Gasteiger partial charge is 0.306 e. The number of nitrogens with zero attached hydrogens (tertiary/aromatic N) is 2. The van der Waals surface area contributed by atoms with Gasteiger partial charge in [0, 0.05) is 11.0 Å². The van der Waals surface area contributed by atoms with Crippen LogP contribution < -0.4 is 5.56 Å². The summed E-state index contributed by atoms with van der Waals surface area (Å²) in [5.41, 5.74) is 0.173. The van der Waals surface area contributed by atoms with E-state index >= 15 is 0 Å². The second-order valence-electron chi connectivity index (χ2n) is 5.34. The lowest BCUT2D eigenvalue weighted by molar-refractivity contribution is 0.207. The van der Waals surface area contributed by atoms with E-state index in [0.717, 1.165) is 34.2 Å². The number of hydrogen-bond donors (Lipinski definition) is 0. The number of halogens is 1. The summed E-state index contributed by atoms with van der Waals surface area (Å²) < 4.78 is 4.05. The minimum atomic E-state index is 0.173. The third-order valence-corrected chi connectivity index (χ3v) is 5.43. The lowest BCUT2D eigenvalue weighted by atomic mass is 9.97. The Bertz CT molecular complexity index is 640. The minimum absolute atomic E-state index is 0.173. The molecule has 0 atom stereocenters. The Kier molecular flexibility index (Phi) is 3.78. The van der Waals surface area contributed by atoms with Crippen molar-refractivity contribution in [2.45, 2.75) is 19.4 Å². The van der Waals surface area contributed by atoms with Gasteiger partial charge < -0.3 is 4.90 Å². The molecule has 3 rings (SSSR count). The molecule has 102 valence electrons. The second kappa shape index (κ2) is 5.38. The quantitative estimate of drug-likeness (QED) is 0.838. The average molecular weight is 341 g/mol. The molecule has 19 heavy (non-hydrogen) atoms. The van der Waals surface area contributed by atoms with Crippen molar-refractivity contribution in [2.24, 2.45) is 5.92 Å². The molecule has 1 fully saturated rings. The second-order valence-corrected chi connectivity index (χ2v) is 7.32. The van der Waals surface area contributed by atoms with Crippen LogP contribution in [0.3, 0.4) is 0 Å². The van der Waals surface area contributed by atoms with Gasteiger partial charge in [-0.1, -0.05) is 27.5 Å². The molecule has 5 heteroatoms. The number of benzene rings is 1. The highest BCUT2D eigenvalue weighted by Gasteiger charge is 2.19. The fourth-order valence-electron chi connectivity index (χ4n) is 2.64. The summed E-state index contributed by atoms with van der Waals surface area (Å²) in [6.45, 7) is 3.18. The maximum absolute atomic E-state index is 12.3. The summed E-state index contributed by atoms with van der Waals surface area (Å²) in [4.78, 5) is 14.7. The minimum Gasteiger partial charge on any atom is -0.306 e. The van der Waals surface area contributed by atoms with Crippen molar-refractivity contribution in [1.29, 1.82) is 0 Å². The Morgan fingerprint density at radius 1 is 1.37 bits per heavy atom. The molecule has 0 amide bonds. The average Bonchev–Trinajstić information content (AvgIpc) is 2.68. The number of piperidine rings is 1. The zero-order chi connectivity index (χ0) is 13.4. The van der Waals surface area contributed by atoms with E-state index in [4.69, 9.17) is 0 Å². The molecule has 2 heterocycles. The first-order chi connectivity index (χ1) is 9.13. The van der Waals surface area contributed by atoms with Crippen LogP contribution in [0, 0.1) is 5.92 Å². The molecule has 0 bridgehead atoms. The van der Waals surface area contributed by atoms with Crippen molar-refractivity contribution >= 4 is 37.5 Å². The maximum Gasteiger partial charge on any atom is 0.268 e. The Balaban J connectivity index is 1.85. The first kappa shape index (κ1) is 13.3. The van der Waals surface area contributed by atoms with Crippen LogP contribution in [-0.2, 0) is 6.54 Å². The van der Waals surface area contributed by atoms with Gasteiger partial charge in [0.15, 0.2) is 0 Å². The van der Waals surface area contributed by atoms with Crippen LogP contribution in [-0.4, -0.2) is 29.0 Å². The third-order valence-electron chi connectivity index (χ3n) is 3.87. The van der Waals surface area contributed by atoms with Crippen molar-refractivity contribution in [3.63, 3.8) is 0 Å². The van der Waals surface area contributed by atoms with E-state index in [1.165, 1.54) is 12.8 Å². The van der Waals surface area contributed by atoms with Gasteiger partial charge in [-0.3, -0.25) is 8.75 Å². The Morgan fingerprint density at radius 2 is 2.11 bits per heavy atom. The fourth-order valence-corrected chi connectivity index (χ4v) is 4.29. The smallest absolute Gasteiger partial charge is 0.268 e. The molecule has 1 aromatic carbocycles. The van der Waals surface area contributed by atoms with Gasteiger partial charge in [0.05, 0.1) is 10.1 Å². The zero-order valence-electron chi connectivity index (χ0n) is 10.9. The monoisotopic (exact) mass is 340 g/mol. The van der Waals surface area contributed by atoms with Crippen LogP contribution in [0.4, 0.5) is 0 Å². The summed E-state index contributed by atoms with van der Waals surface area (Å²) in [7, 11) is 2.17. The molecule has 0 spiro atoms. The molecule has 1 aliphatic rings. The van der Waals surface area contributed by atoms with E-state index in [-0.39, 0.29) is 5.56 Å². The predicted molar refractivity (Wildman–Crippen MR) is 84.0 cm³/mol. The number of rotatable bonds is 2. The predicted octanol–water partition coefficient (Wildman–Crippen LogP) is 3.17. The molecule has 0 radical (unpaired) electrons. The highest BCUT2D eigenvalue weighted by Crippen LogP contribution is 2.24. The van der Waals surface area contributed by atoms with Crippen molar-refractivity contribution < 1.29 is 0 Å². The van der Waals surface area contributed by atoms with Crippen molar-refractivity contribution in [1.82, 2.24) is 8.86 Å². The first-order valence-corrected chi connectivity index (χ1v) is 8.18. The van der Waals surface area contributed by atoms with Crippen molar-refractivity contribution in [3.8, 4) is 0 Å². The lowest BCUT2D eigenvalue weighted by Gasteiger charge is -2.28. The molecular weight excluding hydrogens is 324 g/mol. The molecule has 1 aliphatic heterocycles. The molecule has 1 saturated heterocycles. The summed E-state index contributed by atoms with van der Waals surface area (Å²) in [6.07, 6.45) is 2.39. The molecule has 0 aliphatic carbocycles. The van der Waals surface area contributed by atoms with E-state index in [9.17, 15) is 4.79 Å². The summed E-state index contributed by atoms with van der Waals surface area (Å²) >= 11 is 5.05. The molecular formula is C14H17BrN2OS. The summed E-state index contributed by atoms with van der Waals surface area (Å²) in [5, 5.41) is 0.848. The number of fused-ring (bicyclic) bond motifs is 1. The molecule has 2 aromatic rings. The van der Waals surface area contributed by atoms with Gasteiger partial charge in [-0.2, -0.15) is 0 Å². The van der Waals surface area contributed by atoms with E-state index < -0.39 is 0 Å². The van der Waals surface area contributed by atoms with Gasteiger partial charge in [-0.15, -0.1) is 0 Å². The van der Waals surface area contributed by atoms with E-state index in [0.29, 0.717) is 5.92 Å². The zero-order valence-corrected chi connectivity index (χ0v) is 13.3. The first-order valence-electron chi connectivity index (χ1n) is 6.61. The van der Waals surface area contributed by atoms with Crippen LogP contribution in [0.2, 0.25) is 0 Å². The van der Waals surface area contributed by atoms with Crippen LogP contribution >= 0.6 is 27.5 Å². The fraction of sp³-hybridized carbons (Fsp3) is 0.500. The van der Waals surface area contributed by atoms with E-state index in [1.54, 1.807) is 11.5 Å². The lowest BCUT2D eigenvalue weighted by Crippen LogP contribution is -2.32. The number of likely N-dealkylation sites (tertiary alicyclic amines) is 1. The molecule has 0 N–H and O–H groups in total. The molecule has 0 unspecified atom stereocenters. The summed E-state index contributed by atoms with van der Waals surface area (Å²) in [5.74, 6) is 0.644. The molecule has 0 saturated carbocycles. The number of hydrogen-bond acceptors (Lipinski definition) is 3. The topological polar surface area (TPSA) is 25.2 Å². The normalized spacial score (nSPS) is 18.2. The summed E-state index contributed by atoms with van der Waals surface area (Å²) in [6, 6.07) is 5.90. The Hall–Kier alpha value is -0.650. The van der Waals surface area contributed by atoms with Gasteiger partial charge in [0.1, 0.15) is 0 Å². The van der Waals surface area contributed by atoms with Gasteiger partial charge in [-0.25, -0.2) is 0 Å². The highest BCUT2D eigenvalue weighted by atomic mass is 79.9. The maximum atomic E-state index is 12.3. The van der Waals surface area contributed by atoms with Crippen molar-refractivity contribution in [3.05, 3.63) is 33.0 Å². The van der Waals surface area contributed by atoms with Crippen LogP contribution in [0.1, 0.15) is 12.8 Å². The van der Waals surface area contributed by atoms with Gasteiger partial charge >= 0.3 is 0 Å². The van der Waals surface area contributed by atoms with Crippen LogP contribution in [0.25, 0.3) is 10.1 Å². The van der Waals surface area contributed by atoms with Crippen LogP contribution in [0.15, 0.2) is 27.5 Å². The SMILES string of the molecule is CN1CCC(Cn2sc3cc(Br)ccc3c2=O)CC1. The van der Waals surface area contributed by atoms with E-state index in [2.05, 4.69) is 27.9 Å². The number of aromatic nitrogens is 1.